The van der Waals surface area contributed by atoms with Crippen LogP contribution in [0, 0.1) is 5.92 Å². The van der Waals surface area contributed by atoms with Crippen molar-refractivity contribution >= 4 is 40.2 Å². The number of nitrogens with zero attached hydrogens (tertiary/aromatic N) is 1. The minimum atomic E-state index is -0.865. The highest BCUT2D eigenvalue weighted by atomic mass is 32.2. The predicted molar refractivity (Wildman–Crippen MR) is 94.6 cm³/mol. The highest BCUT2D eigenvalue weighted by Crippen LogP contribution is 2.32. The van der Waals surface area contributed by atoms with Crippen LogP contribution in [0.15, 0.2) is 35.3 Å². The van der Waals surface area contributed by atoms with Gasteiger partial charge in [-0.25, -0.2) is 0 Å². The average molecular weight is 339 g/mol. The van der Waals surface area contributed by atoms with Crippen molar-refractivity contribution in [1.82, 2.24) is 4.90 Å². The molecule has 0 radical (unpaired) electrons. The zero-order valence-corrected chi connectivity index (χ0v) is 14.5. The maximum absolute atomic E-state index is 12.3. The summed E-state index contributed by atoms with van der Waals surface area (Å²) in [6.45, 7) is 8.12. The normalized spacial score (nSPS) is 18.9. The number of carbonyl (C=O) groups excluding carboxylic acids is 1. The first kappa shape index (κ1) is 18.6. The molecule has 0 aromatic rings. The maximum Gasteiger partial charge on any atom is 0.303 e. The zero-order chi connectivity index (χ0) is 16.7. The lowest BCUT2D eigenvalue weighted by atomic mass is 10.0. The van der Waals surface area contributed by atoms with E-state index >= 15 is 0 Å². The van der Waals surface area contributed by atoms with Gasteiger partial charge in [0.1, 0.15) is 4.32 Å². The van der Waals surface area contributed by atoms with Gasteiger partial charge in [0.05, 0.1) is 4.91 Å². The fraction of sp³-hybridized carbons (Fsp3) is 0.438. The summed E-state index contributed by atoms with van der Waals surface area (Å²) < 4.78 is 0.494. The molecule has 0 aromatic heterocycles. The van der Waals surface area contributed by atoms with E-state index in [1.165, 1.54) is 16.7 Å². The number of aliphatic carboxylic acids is 1. The molecule has 0 aromatic carbocycles. The first-order valence-electron chi connectivity index (χ1n) is 7.11. The molecular weight excluding hydrogens is 318 g/mol. The lowest BCUT2D eigenvalue weighted by Crippen LogP contribution is -2.29. The molecule has 0 aliphatic carbocycles. The van der Waals surface area contributed by atoms with Gasteiger partial charge >= 0.3 is 5.97 Å². The van der Waals surface area contributed by atoms with Crippen molar-refractivity contribution in [3.05, 3.63) is 35.3 Å². The summed E-state index contributed by atoms with van der Waals surface area (Å²) >= 11 is 6.47. The Morgan fingerprint density at radius 3 is 2.82 bits per heavy atom. The third-order valence-corrected chi connectivity index (χ3v) is 4.47. The molecule has 1 amide bonds. The van der Waals surface area contributed by atoms with Crippen molar-refractivity contribution < 1.29 is 14.7 Å². The van der Waals surface area contributed by atoms with Crippen molar-refractivity contribution in [2.24, 2.45) is 5.92 Å². The molecule has 120 valence electrons. The fourth-order valence-electron chi connectivity index (χ4n) is 2.12. The molecule has 1 heterocycles. The van der Waals surface area contributed by atoms with Crippen molar-refractivity contribution in [1.29, 1.82) is 0 Å². The van der Waals surface area contributed by atoms with Crippen LogP contribution in [0.1, 0.15) is 33.1 Å². The molecule has 0 saturated carbocycles. The molecule has 0 bridgehead atoms. The van der Waals surface area contributed by atoms with Gasteiger partial charge < -0.3 is 5.11 Å². The van der Waals surface area contributed by atoms with Crippen LogP contribution >= 0.6 is 24.0 Å². The van der Waals surface area contributed by atoms with Crippen LogP contribution in [-0.2, 0) is 9.59 Å². The van der Waals surface area contributed by atoms with E-state index in [-0.39, 0.29) is 12.3 Å². The lowest BCUT2D eigenvalue weighted by Gasteiger charge is -2.13. The summed E-state index contributed by atoms with van der Waals surface area (Å²) in [5.41, 5.74) is 1.01. The molecule has 1 aliphatic heterocycles. The molecule has 1 N–H and O–H groups in total. The molecule has 1 unspecified atom stereocenters. The third-order valence-electron chi connectivity index (χ3n) is 3.09. The van der Waals surface area contributed by atoms with Crippen LogP contribution in [-0.4, -0.2) is 32.7 Å². The highest BCUT2D eigenvalue weighted by Gasteiger charge is 2.31. The SMILES string of the molecule is C=CCC(C)/C=C(C)/C=C1\SC(=S)N(CCCC(=O)O)C1=O. The minimum Gasteiger partial charge on any atom is -0.481 e. The van der Waals surface area contributed by atoms with E-state index in [0.29, 0.717) is 28.1 Å². The molecule has 1 saturated heterocycles. The Morgan fingerprint density at radius 2 is 2.23 bits per heavy atom. The Labute approximate surface area is 140 Å². The van der Waals surface area contributed by atoms with Gasteiger partial charge in [0.15, 0.2) is 0 Å². The number of hydrogen-bond acceptors (Lipinski definition) is 4. The number of rotatable bonds is 8. The van der Waals surface area contributed by atoms with Crippen LogP contribution in [0.3, 0.4) is 0 Å². The van der Waals surface area contributed by atoms with Gasteiger partial charge in [-0.3, -0.25) is 14.5 Å². The number of amides is 1. The number of hydrogen-bond donors (Lipinski definition) is 1. The molecule has 22 heavy (non-hydrogen) atoms. The van der Waals surface area contributed by atoms with Gasteiger partial charge in [0.25, 0.3) is 5.91 Å². The Kier molecular flexibility index (Phi) is 7.55. The molecule has 1 atom stereocenters. The average Bonchev–Trinajstić information content (AvgIpc) is 2.65. The second-order valence-corrected chi connectivity index (χ2v) is 6.92. The number of carbonyl (C=O) groups is 2. The van der Waals surface area contributed by atoms with E-state index in [1.807, 2.05) is 19.1 Å². The van der Waals surface area contributed by atoms with Crippen molar-refractivity contribution in [3.8, 4) is 0 Å². The molecule has 1 aliphatic rings. The molecular formula is C16H21NO3S2. The second kappa shape index (κ2) is 8.90. The van der Waals surface area contributed by atoms with E-state index in [2.05, 4.69) is 19.6 Å². The van der Waals surface area contributed by atoms with Crippen molar-refractivity contribution in [2.45, 2.75) is 33.1 Å². The van der Waals surface area contributed by atoms with Gasteiger partial charge in [0.2, 0.25) is 0 Å². The predicted octanol–water partition coefficient (Wildman–Crippen LogP) is 3.75. The summed E-state index contributed by atoms with van der Waals surface area (Å²) in [6, 6.07) is 0. The van der Waals surface area contributed by atoms with Crippen molar-refractivity contribution in [3.63, 3.8) is 0 Å². The topological polar surface area (TPSA) is 57.6 Å². The number of carboxylic acid groups (broad SMARTS) is 1. The molecule has 4 nitrogen and oxygen atoms in total. The standard InChI is InChI=1S/C16H21NO3S2/c1-4-6-11(2)9-12(3)10-13-15(20)17(16(21)22-13)8-5-7-14(18)19/h4,9-11H,1,5-8H2,2-3H3,(H,18,19)/b12-9+,13-10-. The van der Waals surface area contributed by atoms with E-state index in [0.717, 1.165) is 12.0 Å². The molecule has 6 heteroatoms. The number of thioether (sulfide) groups is 1. The molecule has 0 spiro atoms. The van der Waals surface area contributed by atoms with Crippen LogP contribution < -0.4 is 0 Å². The van der Waals surface area contributed by atoms with E-state index in [9.17, 15) is 9.59 Å². The summed E-state index contributed by atoms with van der Waals surface area (Å²) in [4.78, 5) is 24.9. The second-order valence-electron chi connectivity index (χ2n) is 5.24. The third kappa shape index (κ3) is 5.77. The largest absolute Gasteiger partial charge is 0.481 e. The smallest absolute Gasteiger partial charge is 0.303 e. The Hall–Kier alpha value is -1.40. The Bertz CT molecular complexity index is 538. The molecule has 1 fully saturated rings. The molecule has 1 rings (SSSR count). The summed E-state index contributed by atoms with van der Waals surface area (Å²) in [5.74, 6) is -0.630. The summed E-state index contributed by atoms with van der Waals surface area (Å²) in [7, 11) is 0. The number of carboxylic acids is 1. The van der Waals surface area contributed by atoms with Gasteiger partial charge in [-0.1, -0.05) is 48.6 Å². The van der Waals surface area contributed by atoms with Crippen LogP contribution in [0.2, 0.25) is 0 Å². The van der Waals surface area contributed by atoms with Gasteiger partial charge in [0, 0.05) is 13.0 Å². The van der Waals surface area contributed by atoms with Crippen LogP contribution in [0.5, 0.6) is 0 Å². The van der Waals surface area contributed by atoms with E-state index < -0.39 is 5.97 Å². The van der Waals surface area contributed by atoms with Crippen LogP contribution in [0.25, 0.3) is 0 Å². The van der Waals surface area contributed by atoms with E-state index in [4.69, 9.17) is 17.3 Å². The summed E-state index contributed by atoms with van der Waals surface area (Å²) in [6.07, 6.45) is 7.14. The van der Waals surface area contributed by atoms with E-state index in [1.54, 1.807) is 0 Å². The minimum absolute atomic E-state index is 0.0358. The van der Waals surface area contributed by atoms with Crippen LogP contribution in [0.4, 0.5) is 0 Å². The lowest BCUT2D eigenvalue weighted by molar-refractivity contribution is -0.137. The highest BCUT2D eigenvalue weighted by molar-refractivity contribution is 8.26. The number of allylic oxidation sites excluding steroid dienone is 4. The zero-order valence-electron chi connectivity index (χ0n) is 12.9. The van der Waals surface area contributed by atoms with Crippen molar-refractivity contribution in [2.75, 3.05) is 6.54 Å². The fourth-order valence-corrected chi connectivity index (χ4v) is 3.47. The van der Waals surface area contributed by atoms with Gasteiger partial charge in [-0.15, -0.1) is 6.58 Å². The first-order chi connectivity index (χ1) is 10.3. The maximum atomic E-state index is 12.3. The summed E-state index contributed by atoms with van der Waals surface area (Å²) in [5, 5.41) is 8.65. The van der Waals surface area contributed by atoms with Gasteiger partial charge in [-0.05, 0) is 31.8 Å². The van der Waals surface area contributed by atoms with Gasteiger partial charge in [-0.2, -0.15) is 0 Å². The number of thiocarbonyl (C=S) groups is 1. The first-order valence-corrected chi connectivity index (χ1v) is 8.34. The quantitative estimate of drug-likeness (QED) is 0.414. The Morgan fingerprint density at radius 1 is 1.55 bits per heavy atom. The Balaban J connectivity index is 2.71. The monoisotopic (exact) mass is 339 g/mol.